The number of nitrogen functional groups attached to an aromatic ring is 1. The number of anilines is 2. The Morgan fingerprint density at radius 1 is 1.53 bits per heavy atom. The molecule has 2 aromatic heterocycles. The van der Waals surface area contributed by atoms with E-state index in [-0.39, 0.29) is 18.6 Å². The Morgan fingerprint density at radius 2 is 2.35 bits per heavy atom. The van der Waals surface area contributed by atoms with E-state index >= 15 is 0 Å². The summed E-state index contributed by atoms with van der Waals surface area (Å²) in [7, 11) is 0. The fourth-order valence-electron chi connectivity index (χ4n) is 1.73. The monoisotopic (exact) mass is 252 g/mol. The van der Waals surface area contributed by atoms with Gasteiger partial charge >= 0.3 is 0 Å². The van der Waals surface area contributed by atoms with Gasteiger partial charge in [0.1, 0.15) is 10.6 Å². The van der Waals surface area contributed by atoms with E-state index < -0.39 is 0 Å². The highest BCUT2D eigenvalue weighted by Gasteiger charge is 2.11. The number of aliphatic hydroxyl groups excluding tert-OH is 1. The summed E-state index contributed by atoms with van der Waals surface area (Å²) in [5.41, 5.74) is 5.66. The van der Waals surface area contributed by atoms with E-state index in [1.807, 2.05) is 11.4 Å². The van der Waals surface area contributed by atoms with Crippen molar-refractivity contribution in [2.45, 2.75) is 25.8 Å². The molecule has 0 bridgehead atoms. The van der Waals surface area contributed by atoms with Crippen LogP contribution in [-0.4, -0.2) is 27.7 Å². The average molecular weight is 252 g/mol. The Bertz CT molecular complexity index is 499. The lowest BCUT2D eigenvalue weighted by Crippen LogP contribution is -2.24. The minimum Gasteiger partial charge on any atom is -0.394 e. The van der Waals surface area contributed by atoms with Crippen LogP contribution in [0.15, 0.2) is 11.4 Å². The molecule has 0 fully saturated rings. The molecule has 0 aliphatic carbocycles. The van der Waals surface area contributed by atoms with Crippen LogP contribution < -0.4 is 11.1 Å². The number of thiophene rings is 1. The topological polar surface area (TPSA) is 84.1 Å². The number of fused-ring (bicyclic) bond motifs is 1. The molecule has 0 saturated carbocycles. The summed E-state index contributed by atoms with van der Waals surface area (Å²) in [6, 6.07) is 1.97. The average Bonchev–Trinajstić information content (AvgIpc) is 2.76. The molecule has 0 aromatic carbocycles. The van der Waals surface area contributed by atoms with Crippen molar-refractivity contribution < 1.29 is 5.11 Å². The quantitative estimate of drug-likeness (QED) is 0.756. The fraction of sp³-hybridized carbons (Fsp3) is 0.455. The van der Waals surface area contributed by atoms with E-state index in [1.165, 1.54) is 11.3 Å². The second-order valence-electron chi connectivity index (χ2n) is 3.88. The molecule has 0 radical (unpaired) electrons. The summed E-state index contributed by atoms with van der Waals surface area (Å²) in [6.07, 6.45) is 1.90. The third-order valence-electron chi connectivity index (χ3n) is 2.54. The van der Waals surface area contributed by atoms with Gasteiger partial charge in [0, 0.05) is 0 Å². The summed E-state index contributed by atoms with van der Waals surface area (Å²) in [5.74, 6) is 0.969. The normalized spacial score (nSPS) is 12.8. The van der Waals surface area contributed by atoms with Crippen molar-refractivity contribution in [1.82, 2.24) is 9.97 Å². The van der Waals surface area contributed by atoms with Gasteiger partial charge in [-0.3, -0.25) is 0 Å². The molecule has 0 spiro atoms. The van der Waals surface area contributed by atoms with Gasteiger partial charge in [-0.2, -0.15) is 4.98 Å². The molecule has 2 aromatic rings. The number of hydrogen-bond donors (Lipinski definition) is 3. The maximum Gasteiger partial charge on any atom is 0.223 e. The standard InChI is InChI=1S/C11H16N4OS/c1-2-3-7(6-16)13-9-8-4-5-17-10(8)15-11(12)14-9/h4-5,7,16H,2-3,6H2,1H3,(H3,12,13,14,15). The lowest BCUT2D eigenvalue weighted by molar-refractivity contribution is 0.268. The molecule has 1 unspecified atom stereocenters. The molecule has 0 saturated heterocycles. The van der Waals surface area contributed by atoms with Gasteiger partial charge in [0.2, 0.25) is 5.95 Å². The summed E-state index contributed by atoms with van der Waals surface area (Å²) in [4.78, 5) is 9.22. The second-order valence-corrected chi connectivity index (χ2v) is 4.78. The largest absolute Gasteiger partial charge is 0.394 e. The number of hydrogen-bond acceptors (Lipinski definition) is 6. The van der Waals surface area contributed by atoms with E-state index in [9.17, 15) is 5.11 Å². The van der Waals surface area contributed by atoms with Crippen LogP contribution >= 0.6 is 11.3 Å². The molecule has 5 nitrogen and oxygen atoms in total. The third kappa shape index (κ3) is 2.65. The van der Waals surface area contributed by atoms with Crippen molar-refractivity contribution in [3.8, 4) is 0 Å². The molecule has 6 heteroatoms. The lowest BCUT2D eigenvalue weighted by atomic mass is 10.2. The van der Waals surface area contributed by atoms with Crippen LogP contribution in [0.2, 0.25) is 0 Å². The summed E-state index contributed by atoms with van der Waals surface area (Å²) in [6.45, 7) is 2.17. The summed E-state index contributed by atoms with van der Waals surface area (Å²) in [5, 5.41) is 15.4. The van der Waals surface area contributed by atoms with Gasteiger partial charge in [0.15, 0.2) is 0 Å². The second kappa shape index (κ2) is 5.29. The van der Waals surface area contributed by atoms with Gasteiger partial charge in [-0.1, -0.05) is 13.3 Å². The molecule has 2 rings (SSSR count). The van der Waals surface area contributed by atoms with Crippen LogP contribution in [0, 0.1) is 0 Å². The molecule has 1 atom stereocenters. The zero-order valence-electron chi connectivity index (χ0n) is 9.68. The van der Waals surface area contributed by atoms with Crippen molar-refractivity contribution in [1.29, 1.82) is 0 Å². The van der Waals surface area contributed by atoms with Crippen LogP contribution in [0.3, 0.4) is 0 Å². The van der Waals surface area contributed by atoms with Crippen LogP contribution in [-0.2, 0) is 0 Å². The fourth-order valence-corrected chi connectivity index (χ4v) is 2.50. The van der Waals surface area contributed by atoms with Crippen molar-refractivity contribution in [3.05, 3.63) is 11.4 Å². The first kappa shape index (κ1) is 12.1. The van der Waals surface area contributed by atoms with Crippen LogP contribution in [0.5, 0.6) is 0 Å². The van der Waals surface area contributed by atoms with Crippen LogP contribution in [0.25, 0.3) is 10.2 Å². The number of aromatic nitrogens is 2. The SMILES string of the molecule is CCCC(CO)Nc1nc(N)nc2sccc12. The van der Waals surface area contributed by atoms with Gasteiger partial charge < -0.3 is 16.2 Å². The van der Waals surface area contributed by atoms with Crippen LogP contribution in [0.1, 0.15) is 19.8 Å². The highest BCUT2D eigenvalue weighted by Crippen LogP contribution is 2.26. The number of aliphatic hydroxyl groups is 1. The Balaban J connectivity index is 2.30. The van der Waals surface area contributed by atoms with Gasteiger partial charge in [0.25, 0.3) is 0 Å². The Kier molecular flexibility index (Phi) is 3.75. The minimum absolute atomic E-state index is 0.0115. The Hall–Kier alpha value is -1.40. The molecule has 4 N–H and O–H groups in total. The third-order valence-corrected chi connectivity index (χ3v) is 3.35. The Morgan fingerprint density at radius 3 is 3.06 bits per heavy atom. The lowest BCUT2D eigenvalue weighted by Gasteiger charge is -2.16. The molecule has 2 heterocycles. The molecule has 0 amide bonds. The Labute approximate surface area is 104 Å². The highest BCUT2D eigenvalue weighted by atomic mass is 32.1. The number of rotatable bonds is 5. The van der Waals surface area contributed by atoms with E-state index in [4.69, 9.17) is 5.73 Å². The van der Waals surface area contributed by atoms with Gasteiger partial charge in [-0.15, -0.1) is 11.3 Å². The predicted molar refractivity (Wildman–Crippen MR) is 71.2 cm³/mol. The van der Waals surface area contributed by atoms with E-state index in [1.54, 1.807) is 0 Å². The van der Waals surface area contributed by atoms with Crippen molar-refractivity contribution in [2.75, 3.05) is 17.7 Å². The number of nitrogens with two attached hydrogens (primary N) is 1. The summed E-state index contributed by atoms with van der Waals surface area (Å²) >= 11 is 1.53. The molecule has 0 aliphatic heterocycles. The van der Waals surface area contributed by atoms with Crippen molar-refractivity contribution >= 4 is 33.3 Å². The molecule has 92 valence electrons. The van der Waals surface area contributed by atoms with Gasteiger partial charge in [-0.05, 0) is 17.9 Å². The van der Waals surface area contributed by atoms with E-state index in [0.29, 0.717) is 5.82 Å². The molecule has 0 aliphatic rings. The van der Waals surface area contributed by atoms with Crippen molar-refractivity contribution in [3.63, 3.8) is 0 Å². The minimum atomic E-state index is 0.0115. The maximum atomic E-state index is 9.28. The van der Waals surface area contributed by atoms with Crippen molar-refractivity contribution in [2.24, 2.45) is 0 Å². The number of nitrogens with one attached hydrogen (secondary N) is 1. The predicted octanol–water partition coefficient (Wildman–Crippen LogP) is 1.85. The first-order valence-electron chi connectivity index (χ1n) is 5.62. The maximum absolute atomic E-state index is 9.28. The zero-order valence-corrected chi connectivity index (χ0v) is 10.5. The van der Waals surface area contributed by atoms with E-state index in [2.05, 4.69) is 22.2 Å². The molecule has 17 heavy (non-hydrogen) atoms. The smallest absolute Gasteiger partial charge is 0.223 e. The zero-order chi connectivity index (χ0) is 12.3. The first-order chi connectivity index (χ1) is 8.24. The van der Waals surface area contributed by atoms with Gasteiger partial charge in [0.05, 0.1) is 18.0 Å². The van der Waals surface area contributed by atoms with Gasteiger partial charge in [-0.25, -0.2) is 4.98 Å². The highest BCUT2D eigenvalue weighted by molar-refractivity contribution is 7.16. The number of nitrogens with zero attached hydrogens (tertiary/aromatic N) is 2. The summed E-state index contributed by atoms with van der Waals surface area (Å²) < 4.78 is 0. The molecular formula is C11H16N4OS. The van der Waals surface area contributed by atoms with E-state index in [0.717, 1.165) is 23.1 Å². The van der Waals surface area contributed by atoms with Crippen LogP contribution in [0.4, 0.5) is 11.8 Å². The molecular weight excluding hydrogens is 236 g/mol. The first-order valence-corrected chi connectivity index (χ1v) is 6.50.